The van der Waals surface area contributed by atoms with E-state index in [0.29, 0.717) is 6.42 Å². The van der Waals surface area contributed by atoms with Crippen LogP contribution in [0.15, 0.2) is 65.7 Å². The van der Waals surface area contributed by atoms with Crippen molar-refractivity contribution < 1.29 is 4.79 Å². The lowest BCUT2D eigenvalue weighted by Crippen LogP contribution is -2.28. The molecule has 0 aliphatic rings. The second-order valence-corrected chi connectivity index (χ2v) is 11.1. The van der Waals surface area contributed by atoms with E-state index in [9.17, 15) is 4.79 Å². The van der Waals surface area contributed by atoms with Crippen molar-refractivity contribution in [3.63, 3.8) is 0 Å². The van der Waals surface area contributed by atoms with Crippen LogP contribution < -0.4 is 15.1 Å². The summed E-state index contributed by atoms with van der Waals surface area (Å²) >= 11 is 1.56. The molecule has 1 amide bonds. The van der Waals surface area contributed by atoms with Gasteiger partial charge in [0.25, 0.3) is 0 Å². The molecule has 0 bridgehead atoms. The minimum absolute atomic E-state index is 0.0103. The van der Waals surface area contributed by atoms with Crippen molar-refractivity contribution in [1.29, 1.82) is 0 Å². The average molecular weight is 562 g/mol. The Morgan fingerprint density at radius 2 is 1.48 bits per heavy atom. The summed E-state index contributed by atoms with van der Waals surface area (Å²) in [7, 11) is 0. The van der Waals surface area contributed by atoms with Gasteiger partial charge < -0.3 is 15.1 Å². The van der Waals surface area contributed by atoms with E-state index in [0.717, 1.165) is 67.8 Å². The molecule has 40 heavy (non-hydrogen) atoms. The van der Waals surface area contributed by atoms with Crippen LogP contribution in [0.25, 0.3) is 0 Å². The number of amides is 1. The van der Waals surface area contributed by atoms with Crippen LogP contribution in [-0.2, 0) is 11.3 Å². The number of aryl methyl sites for hydroxylation is 1. The summed E-state index contributed by atoms with van der Waals surface area (Å²) in [5.41, 5.74) is 3.17. The SMILES string of the molecule is CCCCCCCN(Cc1ccccc1)c1nc(C)nc(SC)c1NC(=O)CCCN(CCC)c1ccccc1. The summed E-state index contributed by atoms with van der Waals surface area (Å²) in [4.78, 5) is 27.6. The van der Waals surface area contributed by atoms with E-state index in [2.05, 4.69) is 77.5 Å². The van der Waals surface area contributed by atoms with Crippen molar-refractivity contribution in [1.82, 2.24) is 9.97 Å². The summed E-state index contributed by atoms with van der Waals surface area (Å²) in [5.74, 6) is 1.55. The van der Waals surface area contributed by atoms with Crippen LogP contribution in [-0.4, -0.2) is 41.8 Å². The van der Waals surface area contributed by atoms with Crippen molar-refractivity contribution >= 4 is 34.9 Å². The number of para-hydroxylation sites is 1. The molecule has 0 aliphatic carbocycles. The van der Waals surface area contributed by atoms with Gasteiger partial charge in [-0.15, -0.1) is 11.8 Å². The van der Waals surface area contributed by atoms with Gasteiger partial charge in [0.1, 0.15) is 16.5 Å². The Hall–Kier alpha value is -3.06. The van der Waals surface area contributed by atoms with E-state index >= 15 is 0 Å². The number of anilines is 3. The number of aromatic nitrogens is 2. The molecule has 0 spiro atoms. The molecular weight excluding hydrogens is 514 g/mol. The van der Waals surface area contributed by atoms with Crippen molar-refractivity contribution in [2.24, 2.45) is 0 Å². The fourth-order valence-electron chi connectivity index (χ4n) is 4.90. The first-order valence-corrected chi connectivity index (χ1v) is 16.1. The van der Waals surface area contributed by atoms with Gasteiger partial charge in [0.2, 0.25) is 5.91 Å². The highest BCUT2D eigenvalue weighted by Crippen LogP contribution is 2.34. The highest BCUT2D eigenvalue weighted by molar-refractivity contribution is 7.98. The smallest absolute Gasteiger partial charge is 0.224 e. The number of unbranched alkanes of at least 4 members (excludes halogenated alkanes) is 4. The second kappa shape index (κ2) is 17.6. The quantitative estimate of drug-likeness (QED) is 0.0961. The Kier molecular flexibility index (Phi) is 13.8. The monoisotopic (exact) mass is 561 g/mol. The Morgan fingerprint density at radius 1 is 0.800 bits per heavy atom. The molecule has 7 heteroatoms. The zero-order valence-electron chi connectivity index (χ0n) is 24.9. The molecule has 0 aliphatic heterocycles. The molecule has 2 aromatic carbocycles. The zero-order chi connectivity index (χ0) is 28.6. The lowest BCUT2D eigenvalue weighted by atomic mass is 10.1. The topological polar surface area (TPSA) is 61.4 Å². The molecule has 1 N–H and O–H groups in total. The number of carbonyl (C=O) groups is 1. The Morgan fingerprint density at radius 3 is 2.15 bits per heavy atom. The minimum atomic E-state index is 0.0103. The van der Waals surface area contributed by atoms with E-state index in [-0.39, 0.29) is 5.91 Å². The van der Waals surface area contributed by atoms with Gasteiger partial charge in [-0.2, -0.15) is 0 Å². The van der Waals surface area contributed by atoms with E-state index in [1.807, 2.05) is 25.3 Å². The fourth-order valence-corrected chi connectivity index (χ4v) is 5.47. The molecule has 0 fully saturated rings. The van der Waals surface area contributed by atoms with Gasteiger partial charge in [0, 0.05) is 38.3 Å². The molecule has 1 aromatic heterocycles. The third kappa shape index (κ3) is 10.2. The maximum Gasteiger partial charge on any atom is 0.224 e. The maximum absolute atomic E-state index is 13.3. The fraction of sp³-hybridized carbons (Fsp3) is 0.485. The van der Waals surface area contributed by atoms with Crippen molar-refractivity contribution in [3.8, 4) is 0 Å². The van der Waals surface area contributed by atoms with Crippen molar-refractivity contribution in [3.05, 3.63) is 72.1 Å². The molecule has 0 saturated carbocycles. The van der Waals surface area contributed by atoms with E-state index < -0.39 is 0 Å². The Bertz CT molecular complexity index is 1140. The maximum atomic E-state index is 13.3. The molecule has 3 aromatic rings. The van der Waals surface area contributed by atoms with Gasteiger partial charge >= 0.3 is 0 Å². The van der Waals surface area contributed by atoms with Crippen LogP contribution in [0.2, 0.25) is 0 Å². The lowest BCUT2D eigenvalue weighted by Gasteiger charge is -2.27. The Balaban J connectivity index is 1.76. The average Bonchev–Trinajstić information content (AvgIpc) is 2.97. The molecule has 1 heterocycles. The minimum Gasteiger partial charge on any atom is -0.372 e. The normalized spacial score (nSPS) is 10.9. The summed E-state index contributed by atoms with van der Waals surface area (Å²) < 4.78 is 0. The first kappa shape index (κ1) is 31.5. The van der Waals surface area contributed by atoms with Crippen molar-refractivity contribution in [2.45, 2.75) is 83.7 Å². The summed E-state index contributed by atoms with van der Waals surface area (Å²) in [6, 6.07) is 21.0. The largest absolute Gasteiger partial charge is 0.372 e. The van der Waals surface area contributed by atoms with E-state index in [1.165, 1.54) is 36.9 Å². The number of nitrogens with one attached hydrogen (secondary N) is 1. The lowest BCUT2D eigenvalue weighted by molar-refractivity contribution is -0.116. The first-order chi connectivity index (χ1) is 19.5. The first-order valence-electron chi connectivity index (χ1n) is 14.9. The Labute approximate surface area is 246 Å². The third-order valence-corrected chi connectivity index (χ3v) is 7.60. The van der Waals surface area contributed by atoms with Crippen LogP contribution in [0.4, 0.5) is 17.2 Å². The van der Waals surface area contributed by atoms with Crippen molar-refractivity contribution in [2.75, 3.05) is 41.0 Å². The number of nitrogens with zero attached hydrogens (tertiary/aromatic N) is 4. The highest BCUT2D eigenvalue weighted by Gasteiger charge is 2.21. The molecule has 216 valence electrons. The number of hydrogen-bond donors (Lipinski definition) is 1. The summed E-state index contributed by atoms with van der Waals surface area (Å²) in [6.45, 7) is 9.81. The van der Waals surface area contributed by atoms with E-state index in [4.69, 9.17) is 9.97 Å². The molecule has 0 unspecified atom stereocenters. The van der Waals surface area contributed by atoms with Gasteiger partial charge in [-0.3, -0.25) is 4.79 Å². The van der Waals surface area contributed by atoms with E-state index in [1.54, 1.807) is 11.8 Å². The second-order valence-electron chi connectivity index (χ2n) is 10.3. The standard InChI is InChI=1S/C33H47N5OS/c1-5-7-8-9-16-24-38(26-28-18-12-10-13-19-28)32-31(33(40-4)35-27(3)34-32)36-30(39)22-17-25-37(23-6-2)29-20-14-11-15-21-29/h10-15,18-21H,5-9,16-17,22-26H2,1-4H3,(H,36,39). The van der Waals surface area contributed by atoms with Crippen LogP contribution >= 0.6 is 11.8 Å². The highest BCUT2D eigenvalue weighted by atomic mass is 32.2. The van der Waals surface area contributed by atoms with Crippen LogP contribution in [0, 0.1) is 6.92 Å². The number of thioether (sulfide) groups is 1. The summed E-state index contributed by atoms with van der Waals surface area (Å²) in [5, 5.41) is 4.05. The predicted octanol–water partition coefficient (Wildman–Crippen LogP) is 8.12. The molecule has 0 radical (unpaired) electrons. The van der Waals surface area contributed by atoms with Gasteiger partial charge in [-0.05, 0) is 50.1 Å². The van der Waals surface area contributed by atoms with Gasteiger partial charge in [-0.25, -0.2) is 9.97 Å². The van der Waals surface area contributed by atoms with Gasteiger partial charge in [0.15, 0.2) is 5.82 Å². The number of carbonyl (C=O) groups excluding carboxylic acids is 1. The molecule has 0 saturated heterocycles. The third-order valence-electron chi connectivity index (χ3n) is 6.92. The molecular formula is C33H47N5OS. The summed E-state index contributed by atoms with van der Waals surface area (Å²) in [6.07, 6.45) is 10.3. The number of rotatable bonds is 18. The predicted molar refractivity (Wildman–Crippen MR) is 172 cm³/mol. The van der Waals surface area contributed by atoms with Gasteiger partial charge in [0.05, 0.1) is 0 Å². The molecule has 3 rings (SSSR count). The number of benzene rings is 2. The zero-order valence-corrected chi connectivity index (χ0v) is 25.7. The molecule has 0 atom stereocenters. The van der Waals surface area contributed by atoms with Crippen LogP contribution in [0.1, 0.15) is 76.6 Å². The van der Waals surface area contributed by atoms with Gasteiger partial charge in [-0.1, -0.05) is 88.1 Å². The molecule has 6 nitrogen and oxygen atoms in total. The number of hydrogen-bond acceptors (Lipinski definition) is 6. The van der Waals surface area contributed by atoms with Crippen LogP contribution in [0.3, 0.4) is 0 Å². The van der Waals surface area contributed by atoms with Crippen LogP contribution in [0.5, 0.6) is 0 Å².